The number of hydrogen-bond acceptors (Lipinski definition) is 7. The Bertz CT molecular complexity index is 742. The van der Waals surface area contributed by atoms with Gasteiger partial charge in [0.2, 0.25) is 0 Å². The van der Waals surface area contributed by atoms with Crippen molar-refractivity contribution in [2.24, 2.45) is 5.84 Å². The highest BCUT2D eigenvalue weighted by atomic mass is 32.2. The third kappa shape index (κ3) is 3.16. The van der Waals surface area contributed by atoms with Crippen molar-refractivity contribution >= 4 is 39.1 Å². The number of aromatic nitrogens is 2. The van der Waals surface area contributed by atoms with Crippen LogP contribution in [-0.4, -0.2) is 15.1 Å². The molecule has 0 radical (unpaired) electrons. The monoisotopic (exact) mass is 318 g/mol. The van der Waals surface area contributed by atoms with Gasteiger partial charge in [-0.25, -0.2) is 15.8 Å². The second-order valence-electron chi connectivity index (χ2n) is 4.36. The summed E-state index contributed by atoms with van der Waals surface area (Å²) >= 11 is 3.23. The molecule has 0 saturated heterocycles. The highest BCUT2D eigenvalue weighted by Gasteiger charge is 2.08. The Kier molecular flexibility index (Phi) is 4.35. The van der Waals surface area contributed by atoms with E-state index in [9.17, 15) is 0 Å². The minimum atomic E-state index is 0.0641. The van der Waals surface area contributed by atoms with E-state index in [1.165, 1.54) is 0 Å². The normalized spacial score (nSPS) is 11.0. The van der Waals surface area contributed by atoms with Crippen molar-refractivity contribution in [2.45, 2.75) is 17.3 Å². The fourth-order valence-corrected chi connectivity index (χ4v) is 3.45. The number of aliphatic hydroxyl groups excluding tert-OH is 1. The summed E-state index contributed by atoms with van der Waals surface area (Å²) in [7, 11) is 0. The van der Waals surface area contributed by atoms with E-state index in [-0.39, 0.29) is 6.61 Å². The third-order valence-electron chi connectivity index (χ3n) is 2.98. The van der Waals surface area contributed by atoms with Gasteiger partial charge in [0.25, 0.3) is 0 Å². The van der Waals surface area contributed by atoms with Crippen LogP contribution in [0.4, 0.5) is 5.82 Å². The molecule has 0 unspecified atom stereocenters. The Labute approximate surface area is 130 Å². The largest absolute Gasteiger partial charge is 0.392 e. The van der Waals surface area contributed by atoms with Crippen LogP contribution in [0.25, 0.3) is 10.2 Å². The maximum absolute atomic E-state index is 9.03. The molecule has 0 atom stereocenters. The number of nitrogen functional groups attached to an aromatic ring is 1. The van der Waals surface area contributed by atoms with Crippen LogP contribution in [-0.2, 0) is 12.4 Å². The first-order valence-electron chi connectivity index (χ1n) is 6.33. The molecule has 0 fully saturated rings. The van der Waals surface area contributed by atoms with Gasteiger partial charge in [0.05, 0.1) is 17.7 Å². The second-order valence-corrected chi connectivity index (χ2v) is 6.31. The molecule has 2 heterocycles. The van der Waals surface area contributed by atoms with Gasteiger partial charge in [0.15, 0.2) is 5.82 Å². The van der Waals surface area contributed by atoms with E-state index >= 15 is 0 Å². The summed E-state index contributed by atoms with van der Waals surface area (Å²) in [6.45, 7) is 0.0641. The zero-order valence-electron chi connectivity index (χ0n) is 11.1. The lowest BCUT2D eigenvalue weighted by Crippen LogP contribution is -2.10. The van der Waals surface area contributed by atoms with E-state index in [4.69, 9.17) is 10.9 Å². The Balaban J connectivity index is 1.77. The highest BCUT2D eigenvalue weighted by molar-refractivity contribution is 7.98. The minimum absolute atomic E-state index is 0.0641. The Morgan fingerprint density at radius 2 is 2.00 bits per heavy atom. The van der Waals surface area contributed by atoms with Crippen LogP contribution in [0.1, 0.15) is 11.4 Å². The summed E-state index contributed by atoms with van der Waals surface area (Å²) in [4.78, 5) is 11.0. The lowest BCUT2D eigenvalue weighted by molar-refractivity contribution is 0.282. The minimum Gasteiger partial charge on any atom is -0.392 e. The van der Waals surface area contributed by atoms with Crippen LogP contribution in [0, 0.1) is 0 Å². The maximum atomic E-state index is 9.03. The van der Waals surface area contributed by atoms with Crippen LogP contribution >= 0.6 is 23.1 Å². The first kappa shape index (κ1) is 14.3. The predicted molar refractivity (Wildman–Crippen MR) is 87.2 cm³/mol. The number of aliphatic hydroxyl groups is 1. The van der Waals surface area contributed by atoms with Crippen molar-refractivity contribution in [3.8, 4) is 0 Å². The number of thioether (sulfide) groups is 1. The molecular formula is C14H14N4OS2. The van der Waals surface area contributed by atoms with E-state index < -0.39 is 0 Å². The van der Waals surface area contributed by atoms with Crippen molar-refractivity contribution < 1.29 is 5.11 Å². The Morgan fingerprint density at radius 3 is 2.71 bits per heavy atom. The van der Waals surface area contributed by atoms with E-state index in [0.717, 1.165) is 26.5 Å². The van der Waals surface area contributed by atoms with Crippen LogP contribution in [0.15, 0.2) is 40.6 Å². The Morgan fingerprint density at radius 1 is 1.19 bits per heavy atom. The van der Waals surface area contributed by atoms with Gasteiger partial charge < -0.3 is 10.5 Å². The van der Waals surface area contributed by atoms with E-state index in [1.807, 2.05) is 35.7 Å². The number of hydrazine groups is 1. The number of nitrogens with two attached hydrogens (primary N) is 1. The van der Waals surface area contributed by atoms with Crippen LogP contribution in [0.2, 0.25) is 0 Å². The summed E-state index contributed by atoms with van der Waals surface area (Å²) in [6.07, 6.45) is 0. The van der Waals surface area contributed by atoms with Gasteiger partial charge in [0, 0.05) is 4.90 Å². The molecule has 2 aromatic heterocycles. The summed E-state index contributed by atoms with van der Waals surface area (Å²) in [5.74, 6) is 7.59. The van der Waals surface area contributed by atoms with Gasteiger partial charge in [-0.3, -0.25) is 0 Å². The summed E-state index contributed by atoms with van der Waals surface area (Å²) in [6, 6.07) is 9.76. The van der Waals surface area contributed by atoms with Crippen LogP contribution in [0.5, 0.6) is 0 Å². The molecule has 7 heteroatoms. The van der Waals surface area contributed by atoms with Crippen molar-refractivity contribution in [3.05, 3.63) is 47.1 Å². The van der Waals surface area contributed by atoms with Gasteiger partial charge in [-0.15, -0.1) is 23.1 Å². The van der Waals surface area contributed by atoms with E-state index in [1.54, 1.807) is 23.1 Å². The predicted octanol–water partition coefficient (Wildman–Crippen LogP) is 2.76. The van der Waals surface area contributed by atoms with Crippen molar-refractivity contribution in [2.75, 3.05) is 5.43 Å². The number of benzene rings is 1. The fourth-order valence-electron chi connectivity index (χ4n) is 1.91. The van der Waals surface area contributed by atoms with Crippen molar-refractivity contribution in [1.29, 1.82) is 0 Å². The number of anilines is 1. The number of fused-ring (bicyclic) bond motifs is 1. The van der Waals surface area contributed by atoms with E-state index in [0.29, 0.717) is 11.6 Å². The molecule has 3 aromatic rings. The number of nitrogens with zero attached hydrogens (tertiary/aromatic N) is 2. The number of rotatable bonds is 5. The molecule has 0 saturated carbocycles. The topological polar surface area (TPSA) is 84.1 Å². The number of nitrogens with one attached hydrogen (secondary N) is 1. The molecule has 0 bridgehead atoms. The average molecular weight is 318 g/mol. The molecule has 0 spiro atoms. The van der Waals surface area contributed by atoms with Gasteiger partial charge >= 0.3 is 0 Å². The Hall–Kier alpha value is -1.67. The molecule has 0 aliphatic heterocycles. The maximum Gasteiger partial charge on any atom is 0.152 e. The molecule has 21 heavy (non-hydrogen) atoms. The van der Waals surface area contributed by atoms with Gasteiger partial charge in [-0.2, -0.15) is 0 Å². The summed E-state index contributed by atoms with van der Waals surface area (Å²) in [5.41, 5.74) is 3.54. The zero-order valence-corrected chi connectivity index (χ0v) is 12.7. The lowest BCUT2D eigenvalue weighted by atomic mass is 10.2. The van der Waals surface area contributed by atoms with Crippen molar-refractivity contribution in [3.63, 3.8) is 0 Å². The molecular weight excluding hydrogens is 304 g/mol. The molecule has 3 rings (SSSR count). The summed E-state index contributed by atoms with van der Waals surface area (Å²) < 4.78 is 0. The molecule has 0 amide bonds. The smallest absolute Gasteiger partial charge is 0.152 e. The quantitative estimate of drug-likeness (QED) is 0.381. The van der Waals surface area contributed by atoms with Crippen LogP contribution in [0.3, 0.4) is 0 Å². The third-order valence-corrected chi connectivity index (χ3v) is 4.80. The van der Waals surface area contributed by atoms with Gasteiger partial charge in [-0.05, 0) is 29.1 Å². The lowest BCUT2D eigenvalue weighted by Gasteiger charge is -2.05. The second kappa shape index (κ2) is 6.40. The van der Waals surface area contributed by atoms with Crippen molar-refractivity contribution in [1.82, 2.24) is 9.97 Å². The van der Waals surface area contributed by atoms with E-state index in [2.05, 4.69) is 15.4 Å². The standard InChI is InChI=1S/C14H14N4OS2/c15-18-13-11-5-6-20-14(11)17-12(16-13)8-21-10-3-1-9(7-19)2-4-10/h1-6,19H,7-8,15H2,(H,16,17,18). The summed E-state index contributed by atoms with van der Waals surface area (Å²) in [5, 5.41) is 12.0. The molecule has 1 aromatic carbocycles. The number of thiophene rings is 1. The SMILES string of the molecule is NNc1nc(CSc2ccc(CO)cc2)nc2sccc12. The zero-order chi connectivity index (χ0) is 14.7. The molecule has 0 aliphatic rings. The molecule has 4 N–H and O–H groups in total. The van der Waals surface area contributed by atoms with Gasteiger partial charge in [-0.1, -0.05) is 12.1 Å². The molecule has 5 nitrogen and oxygen atoms in total. The first-order valence-corrected chi connectivity index (χ1v) is 8.20. The average Bonchev–Trinajstić information content (AvgIpc) is 3.01. The molecule has 0 aliphatic carbocycles. The van der Waals surface area contributed by atoms with Crippen LogP contribution < -0.4 is 11.3 Å². The first-order chi connectivity index (χ1) is 10.3. The number of hydrogen-bond donors (Lipinski definition) is 3. The highest BCUT2D eigenvalue weighted by Crippen LogP contribution is 2.27. The molecule has 108 valence electrons. The fraction of sp³-hybridized carbons (Fsp3) is 0.143. The van der Waals surface area contributed by atoms with Gasteiger partial charge in [0.1, 0.15) is 10.7 Å².